The molecule has 0 bridgehead atoms. The second-order valence-corrected chi connectivity index (χ2v) is 6.38. The lowest BCUT2D eigenvalue weighted by Crippen LogP contribution is -2.45. The zero-order valence-electron chi connectivity index (χ0n) is 9.56. The molecule has 0 saturated carbocycles. The van der Waals surface area contributed by atoms with E-state index in [1.807, 2.05) is 0 Å². The van der Waals surface area contributed by atoms with Crippen molar-refractivity contribution in [3.8, 4) is 0 Å². The van der Waals surface area contributed by atoms with Crippen LogP contribution in [0.3, 0.4) is 0 Å². The third kappa shape index (κ3) is 3.16. The van der Waals surface area contributed by atoms with Crippen LogP contribution in [-0.4, -0.2) is 43.4 Å². The lowest BCUT2D eigenvalue weighted by atomic mass is 9.95. The summed E-state index contributed by atoms with van der Waals surface area (Å²) in [5.74, 6) is -1.02. The molecule has 0 aromatic carbocycles. The van der Waals surface area contributed by atoms with Gasteiger partial charge in [0.05, 0.1) is 5.41 Å². The summed E-state index contributed by atoms with van der Waals surface area (Å²) in [5.41, 5.74) is -1.09. The predicted octanol–water partition coefficient (Wildman–Crippen LogP) is 0.0274. The van der Waals surface area contributed by atoms with E-state index in [4.69, 9.17) is 5.11 Å². The van der Waals surface area contributed by atoms with E-state index in [1.165, 1.54) is 18.2 Å². The number of carboxylic acid groups (broad SMARTS) is 1. The third-order valence-corrected chi connectivity index (χ3v) is 4.23. The van der Waals surface area contributed by atoms with Crippen molar-refractivity contribution in [1.82, 2.24) is 9.03 Å². The van der Waals surface area contributed by atoms with Gasteiger partial charge in [0.25, 0.3) is 10.2 Å². The second kappa shape index (κ2) is 4.68. The van der Waals surface area contributed by atoms with Crippen molar-refractivity contribution in [1.29, 1.82) is 0 Å². The molecule has 1 aliphatic rings. The summed E-state index contributed by atoms with van der Waals surface area (Å²) < 4.78 is 27.1. The Labute approximate surface area is 95.8 Å². The molecule has 0 amide bonds. The first-order chi connectivity index (χ1) is 7.26. The molecule has 0 radical (unpaired) electrons. The Hall–Kier alpha value is -0.660. The summed E-state index contributed by atoms with van der Waals surface area (Å²) in [5, 5.41) is 8.86. The maximum atomic E-state index is 11.7. The van der Waals surface area contributed by atoms with Crippen LogP contribution in [0.15, 0.2) is 0 Å². The zero-order chi connectivity index (χ0) is 12.4. The second-order valence-electron chi connectivity index (χ2n) is 4.62. The van der Waals surface area contributed by atoms with Crippen LogP contribution < -0.4 is 4.72 Å². The Kier molecular flexibility index (Phi) is 3.92. The van der Waals surface area contributed by atoms with Gasteiger partial charge in [0.15, 0.2) is 0 Å². The minimum absolute atomic E-state index is 0.0961. The molecule has 7 heteroatoms. The molecule has 0 atom stereocenters. The monoisotopic (exact) mass is 250 g/mol. The molecule has 1 aliphatic heterocycles. The topological polar surface area (TPSA) is 86.7 Å². The summed E-state index contributed by atoms with van der Waals surface area (Å²) in [7, 11) is -3.51. The molecule has 0 aromatic heterocycles. The number of hydrogen-bond donors (Lipinski definition) is 2. The number of carboxylic acids is 1. The first-order valence-corrected chi connectivity index (χ1v) is 6.68. The van der Waals surface area contributed by atoms with E-state index >= 15 is 0 Å². The summed E-state index contributed by atoms with van der Waals surface area (Å²) in [4.78, 5) is 10.8. The van der Waals surface area contributed by atoms with Crippen LogP contribution in [0.2, 0.25) is 0 Å². The molecule has 1 heterocycles. The van der Waals surface area contributed by atoms with Crippen LogP contribution in [-0.2, 0) is 15.0 Å². The predicted molar refractivity (Wildman–Crippen MR) is 59.1 cm³/mol. The molecule has 1 rings (SSSR count). The van der Waals surface area contributed by atoms with Crippen molar-refractivity contribution in [3.05, 3.63) is 0 Å². The Bertz CT molecular complexity index is 358. The molecule has 0 aromatic rings. The number of nitrogens with one attached hydrogen (secondary N) is 1. The number of carbonyl (C=O) groups is 1. The maximum Gasteiger partial charge on any atom is 0.310 e. The SMILES string of the molecule is CC(C)(CNS(=O)(=O)N1CCCC1)C(=O)O. The fourth-order valence-electron chi connectivity index (χ4n) is 1.37. The van der Waals surface area contributed by atoms with E-state index in [-0.39, 0.29) is 6.54 Å². The quantitative estimate of drug-likeness (QED) is 0.720. The molecule has 0 spiro atoms. The van der Waals surface area contributed by atoms with Gasteiger partial charge in [-0.1, -0.05) is 0 Å². The highest BCUT2D eigenvalue weighted by atomic mass is 32.2. The molecular weight excluding hydrogens is 232 g/mol. The van der Waals surface area contributed by atoms with E-state index in [0.29, 0.717) is 13.1 Å². The molecule has 16 heavy (non-hydrogen) atoms. The average Bonchev–Trinajstić information content (AvgIpc) is 2.68. The van der Waals surface area contributed by atoms with E-state index in [2.05, 4.69) is 4.72 Å². The van der Waals surface area contributed by atoms with E-state index in [0.717, 1.165) is 12.8 Å². The molecular formula is C9H18N2O4S. The zero-order valence-corrected chi connectivity index (χ0v) is 10.4. The summed E-state index contributed by atoms with van der Waals surface area (Å²) >= 11 is 0. The van der Waals surface area contributed by atoms with E-state index < -0.39 is 21.6 Å². The highest BCUT2D eigenvalue weighted by Gasteiger charge is 2.31. The largest absolute Gasteiger partial charge is 0.481 e. The molecule has 2 N–H and O–H groups in total. The van der Waals surface area contributed by atoms with Crippen molar-refractivity contribution in [2.75, 3.05) is 19.6 Å². The molecule has 94 valence electrons. The van der Waals surface area contributed by atoms with Crippen molar-refractivity contribution in [3.63, 3.8) is 0 Å². The summed E-state index contributed by atoms with van der Waals surface area (Å²) in [6.07, 6.45) is 1.73. The van der Waals surface area contributed by atoms with Crippen molar-refractivity contribution in [2.45, 2.75) is 26.7 Å². The number of aliphatic carboxylic acids is 1. The maximum absolute atomic E-state index is 11.7. The van der Waals surface area contributed by atoms with Gasteiger partial charge in [-0.05, 0) is 26.7 Å². The van der Waals surface area contributed by atoms with Crippen LogP contribution in [0.1, 0.15) is 26.7 Å². The highest BCUT2D eigenvalue weighted by molar-refractivity contribution is 7.87. The van der Waals surface area contributed by atoms with Crippen LogP contribution in [0.25, 0.3) is 0 Å². The highest BCUT2D eigenvalue weighted by Crippen LogP contribution is 2.16. The van der Waals surface area contributed by atoms with Crippen molar-refractivity contribution in [2.24, 2.45) is 5.41 Å². The Morgan fingerprint density at radius 2 is 1.88 bits per heavy atom. The van der Waals surface area contributed by atoms with Gasteiger partial charge in [-0.15, -0.1) is 0 Å². The summed E-state index contributed by atoms with van der Waals surface area (Å²) in [6, 6.07) is 0. The third-order valence-electron chi connectivity index (χ3n) is 2.68. The fourth-order valence-corrected chi connectivity index (χ4v) is 2.83. The van der Waals surface area contributed by atoms with Crippen LogP contribution in [0.4, 0.5) is 0 Å². The smallest absolute Gasteiger partial charge is 0.310 e. The Morgan fingerprint density at radius 3 is 2.31 bits per heavy atom. The van der Waals surface area contributed by atoms with Gasteiger partial charge in [0.2, 0.25) is 0 Å². The first kappa shape index (κ1) is 13.4. The minimum Gasteiger partial charge on any atom is -0.481 e. The summed E-state index contributed by atoms with van der Waals surface area (Å²) in [6.45, 7) is 3.91. The van der Waals surface area contributed by atoms with Crippen LogP contribution >= 0.6 is 0 Å². The normalized spacial score (nSPS) is 18.9. The molecule has 1 fully saturated rings. The van der Waals surface area contributed by atoms with Gasteiger partial charge in [0.1, 0.15) is 0 Å². The van der Waals surface area contributed by atoms with Gasteiger partial charge in [-0.25, -0.2) is 4.72 Å². The van der Waals surface area contributed by atoms with Crippen molar-refractivity contribution >= 4 is 16.2 Å². The molecule has 1 saturated heterocycles. The van der Waals surface area contributed by atoms with E-state index in [9.17, 15) is 13.2 Å². The number of nitrogens with zero attached hydrogens (tertiary/aromatic N) is 1. The van der Waals surface area contributed by atoms with Crippen LogP contribution in [0.5, 0.6) is 0 Å². The van der Waals surface area contributed by atoms with Gasteiger partial charge in [0, 0.05) is 19.6 Å². The molecule has 0 aliphatic carbocycles. The lowest BCUT2D eigenvalue weighted by molar-refractivity contribution is -0.146. The first-order valence-electron chi connectivity index (χ1n) is 5.24. The standard InChI is InChI=1S/C9H18N2O4S/c1-9(2,8(12)13)7-10-16(14,15)11-5-3-4-6-11/h10H,3-7H2,1-2H3,(H,12,13). The fraction of sp³-hybridized carbons (Fsp3) is 0.889. The number of hydrogen-bond acceptors (Lipinski definition) is 3. The van der Waals surface area contributed by atoms with Crippen molar-refractivity contribution < 1.29 is 18.3 Å². The van der Waals surface area contributed by atoms with Gasteiger partial charge >= 0.3 is 5.97 Å². The Morgan fingerprint density at radius 1 is 1.38 bits per heavy atom. The molecule has 0 unspecified atom stereocenters. The average molecular weight is 250 g/mol. The lowest BCUT2D eigenvalue weighted by Gasteiger charge is -2.22. The minimum atomic E-state index is -3.51. The number of rotatable bonds is 5. The van der Waals surface area contributed by atoms with E-state index in [1.54, 1.807) is 0 Å². The van der Waals surface area contributed by atoms with Crippen LogP contribution in [0, 0.1) is 5.41 Å². The van der Waals surface area contributed by atoms with Gasteiger partial charge < -0.3 is 5.11 Å². The Balaban J connectivity index is 2.57. The van der Waals surface area contributed by atoms with Gasteiger partial charge in [-0.3, -0.25) is 4.79 Å². The van der Waals surface area contributed by atoms with Gasteiger partial charge in [-0.2, -0.15) is 12.7 Å². The molecule has 6 nitrogen and oxygen atoms in total.